The molecule has 3 aromatic carbocycles. The molecule has 0 atom stereocenters. The molecule has 0 amide bonds. The summed E-state index contributed by atoms with van der Waals surface area (Å²) in [5.74, 6) is -0.0205. The summed E-state index contributed by atoms with van der Waals surface area (Å²) in [7, 11) is 0. The fraction of sp³-hybridized carbons (Fsp3) is 0.152. The Labute approximate surface area is 256 Å². The third-order valence-corrected chi connectivity index (χ3v) is 7.42. The van der Waals surface area contributed by atoms with E-state index in [1.165, 1.54) is 0 Å². The maximum absolute atomic E-state index is 13.4. The van der Waals surface area contributed by atoms with Crippen LogP contribution in [0.2, 0.25) is 0 Å². The second kappa shape index (κ2) is 11.6. The predicted molar refractivity (Wildman–Crippen MR) is 164 cm³/mol. The zero-order valence-electron chi connectivity index (χ0n) is 24.4. The van der Waals surface area contributed by atoms with Gasteiger partial charge in [0.25, 0.3) is 6.01 Å². The number of benzene rings is 3. The minimum absolute atomic E-state index is 0.0783. The predicted octanol–water partition coefficient (Wildman–Crippen LogP) is 5.13. The highest BCUT2D eigenvalue weighted by Gasteiger charge is 2.26. The number of fused-ring (bicyclic) bond motifs is 2. The van der Waals surface area contributed by atoms with Gasteiger partial charge in [-0.3, -0.25) is 4.57 Å². The molecule has 0 unspecified atom stereocenters. The number of carbonyl (C=O) groups excluding carboxylic acids is 2. The number of carbonyl (C=O) groups is 2. The van der Waals surface area contributed by atoms with E-state index in [0.29, 0.717) is 58.5 Å². The molecule has 7 rings (SSSR count). The number of tetrazole rings is 1. The Morgan fingerprint density at radius 3 is 2.64 bits per heavy atom. The largest absolute Gasteiger partial charge is 0.465 e. The van der Waals surface area contributed by atoms with Gasteiger partial charge in [0.15, 0.2) is 5.82 Å². The van der Waals surface area contributed by atoms with E-state index in [1.807, 2.05) is 71.6 Å². The van der Waals surface area contributed by atoms with Crippen molar-refractivity contribution >= 4 is 28.7 Å². The van der Waals surface area contributed by atoms with E-state index < -0.39 is 11.9 Å². The quantitative estimate of drug-likeness (QED) is 0.223. The molecule has 0 bridgehead atoms. The zero-order chi connectivity index (χ0) is 30.9. The summed E-state index contributed by atoms with van der Waals surface area (Å²) in [6.45, 7) is 4.62. The van der Waals surface area contributed by atoms with Crippen LogP contribution in [0.3, 0.4) is 0 Å². The molecule has 0 spiro atoms. The Morgan fingerprint density at radius 1 is 1.04 bits per heavy atom. The molecular weight excluding hydrogens is 574 g/mol. The first-order chi connectivity index (χ1) is 22.0. The first-order valence-corrected chi connectivity index (χ1v) is 14.3. The highest BCUT2D eigenvalue weighted by Crippen LogP contribution is 2.30. The molecule has 0 fully saturated rings. The lowest BCUT2D eigenvalue weighted by molar-refractivity contribution is 0.0550. The molecule has 6 aromatic rings. The SMILES string of the molecule is CCOc1nc2cccc(C(=O)OCC=C3OC(=O)c4ccccc43)c2n1Cc1ccc(-n2cc(C)cc2-c2nnn[nH]2)cc1. The van der Waals surface area contributed by atoms with Crippen LogP contribution in [0.5, 0.6) is 6.01 Å². The van der Waals surface area contributed by atoms with Crippen molar-refractivity contribution in [1.82, 2.24) is 34.7 Å². The van der Waals surface area contributed by atoms with Gasteiger partial charge in [-0.05, 0) is 77.9 Å². The molecule has 3 aromatic heterocycles. The van der Waals surface area contributed by atoms with Crippen LogP contribution in [0.15, 0.2) is 85.1 Å². The van der Waals surface area contributed by atoms with Crippen LogP contribution in [0, 0.1) is 6.92 Å². The van der Waals surface area contributed by atoms with Crippen LogP contribution in [0.1, 0.15) is 44.3 Å². The number of nitrogens with one attached hydrogen (secondary N) is 1. The number of imidazole rings is 1. The second-order valence-corrected chi connectivity index (χ2v) is 10.4. The smallest absolute Gasteiger partial charge is 0.344 e. The molecule has 4 heterocycles. The zero-order valence-corrected chi connectivity index (χ0v) is 24.4. The summed E-state index contributed by atoms with van der Waals surface area (Å²) in [5.41, 5.74) is 6.53. The molecule has 1 aliphatic rings. The van der Waals surface area contributed by atoms with E-state index in [9.17, 15) is 9.59 Å². The van der Waals surface area contributed by atoms with Gasteiger partial charge in [-0.15, -0.1) is 5.10 Å². The van der Waals surface area contributed by atoms with Gasteiger partial charge in [-0.1, -0.05) is 36.4 Å². The standard InChI is InChI=1S/C33H27N7O5/c1-3-43-33-34-26-10-6-9-25(31(41)44-16-15-28-23-7-4-5-8-24(23)32(42)45-28)29(26)40(33)19-21-11-13-22(14-12-21)39-18-20(2)17-27(39)30-35-37-38-36-30/h4-15,17-18H,3,16,19H2,1-2H3,(H,35,36,37,38). The average Bonchev–Trinajstić information content (AvgIpc) is 3.85. The number of H-pyrrole nitrogens is 1. The Balaban J connectivity index is 1.16. The van der Waals surface area contributed by atoms with Gasteiger partial charge < -0.3 is 18.8 Å². The number of nitrogens with zero attached hydrogens (tertiary/aromatic N) is 6. The number of rotatable bonds is 9. The molecule has 12 heteroatoms. The summed E-state index contributed by atoms with van der Waals surface area (Å²) in [6.07, 6.45) is 3.61. The summed E-state index contributed by atoms with van der Waals surface area (Å²) in [5, 5.41) is 14.3. The molecule has 12 nitrogen and oxygen atoms in total. The molecule has 45 heavy (non-hydrogen) atoms. The number of para-hydroxylation sites is 1. The van der Waals surface area contributed by atoms with Crippen LogP contribution in [0.25, 0.3) is 34.0 Å². The minimum Gasteiger partial charge on any atom is -0.465 e. The number of hydrogen-bond acceptors (Lipinski definition) is 9. The molecular formula is C33H27N7O5. The third kappa shape index (κ3) is 5.22. The molecule has 1 N–H and O–H groups in total. The first kappa shape index (κ1) is 27.8. The van der Waals surface area contributed by atoms with Crippen LogP contribution >= 0.6 is 0 Å². The van der Waals surface area contributed by atoms with Crippen molar-refractivity contribution < 1.29 is 23.8 Å². The molecule has 0 aliphatic carbocycles. The second-order valence-electron chi connectivity index (χ2n) is 10.4. The van der Waals surface area contributed by atoms with Gasteiger partial charge in [-0.2, -0.15) is 4.98 Å². The Morgan fingerprint density at radius 2 is 1.87 bits per heavy atom. The van der Waals surface area contributed by atoms with Crippen molar-refractivity contribution in [2.24, 2.45) is 0 Å². The van der Waals surface area contributed by atoms with Gasteiger partial charge in [0, 0.05) is 17.4 Å². The number of ether oxygens (including phenoxy) is 3. The van der Waals surface area contributed by atoms with E-state index in [2.05, 4.69) is 25.6 Å². The van der Waals surface area contributed by atoms with E-state index in [-0.39, 0.29) is 6.61 Å². The number of hydrogen-bond donors (Lipinski definition) is 1. The van der Waals surface area contributed by atoms with Crippen LogP contribution in [-0.2, 0) is 16.0 Å². The molecule has 0 radical (unpaired) electrons. The monoisotopic (exact) mass is 601 g/mol. The average molecular weight is 602 g/mol. The van der Waals surface area contributed by atoms with E-state index in [1.54, 1.807) is 36.4 Å². The molecule has 224 valence electrons. The van der Waals surface area contributed by atoms with Crippen molar-refractivity contribution in [2.75, 3.05) is 13.2 Å². The van der Waals surface area contributed by atoms with Crippen molar-refractivity contribution in [1.29, 1.82) is 0 Å². The van der Waals surface area contributed by atoms with Crippen LogP contribution < -0.4 is 4.74 Å². The summed E-state index contributed by atoms with van der Waals surface area (Å²) < 4.78 is 20.8. The van der Waals surface area contributed by atoms with Gasteiger partial charge in [-0.25, -0.2) is 14.7 Å². The van der Waals surface area contributed by atoms with Crippen LogP contribution in [0.4, 0.5) is 0 Å². The molecule has 0 saturated carbocycles. The van der Waals surface area contributed by atoms with Gasteiger partial charge in [0.1, 0.15) is 12.4 Å². The lowest BCUT2D eigenvalue weighted by atomic mass is 10.1. The van der Waals surface area contributed by atoms with Gasteiger partial charge in [0.05, 0.1) is 41.0 Å². The first-order valence-electron chi connectivity index (χ1n) is 14.3. The lowest BCUT2D eigenvalue weighted by Crippen LogP contribution is -2.10. The number of cyclic esters (lactones) is 1. The fourth-order valence-corrected chi connectivity index (χ4v) is 5.43. The molecule has 1 aliphatic heterocycles. The van der Waals surface area contributed by atoms with E-state index in [0.717, 1.165) is 22.5 Å². The number of aromatic amines is 1. The summed E-state index contributed by atoms with van der Waals surface area (Å²) in [4.78, 5) is 30.2. The summed E-state index contributed by atoms with van der Waals surface area (Å²) >= 11 is 0. The maximum Gasteiger partial charge on any atom is 0.344 e. The van der Waals surface area contributed by atoms with Gasteiger partial charge in [0.2, 0.25) is 0 Å². The number of aryl methyl sites for hydroxylation is 1. The number of aromatic nitrogens is 7. The Hall–Kier alpha value is -6.04. The van der Waals surface area contributed by atoms with Crippen LogP contribution in [-0.4, -0.2) is 59.9 Å². The highest BCUT2D eigenvalue weighted by atomic mass is 16.5. The van der Waals surface area contributed by atoms with Crippen molar-refractivity contribution in [3.05, 3.63) is 113 Å². The maximum atomic E-state index is 13.4. The fourth-order valence-electron chi connectivity index (χ4n) is 5.43. The van der Waals surface area contributed by atoms with Crippen molar-refractivity contribution in [3.63, 3.8) is 0 Å². The molecule has 0 saturated heterocycles. The topological polar surface area (TPSA) is 139 Å². The Bertz CT molecular complexity index is 2070. The third-order valence-electron chi connectivity index (χ3n) is 7.42. The normalized spacial score (nSPS) is 13.3. The van der Waals surface area contributed by atoms with E-state index in [4.69, 9.17) is 14.2 Å². The van der Waals surface area contributed by atoms with Gasteiger partial charge >= 0.3 is 11.9 Å². The number of esters is 2. The lowest BCUT2D eigenvalue weighted by Gasteiger charge is -2.13. The Kier molecular flexibility index (Phi) is 7.14. The van der Waals surface area contributed by atoms with Crippen molar-refractivity contribution in [3.8, 4) is 23.2 Å². The van der Waals surface area contributed by atoms with E-state index >= 15 is 0 Å². The minimum atomic E-state index is -0.535. The highest BCUT2D eigenvalue weighted by molar-refractivity contribution is 6.04. The summed E-state index contributed by atoms with van der Waals surface area (Å²) in [6, 6.07) is 22.8. The van der Waals surface area contributed by atoms with Crippen molar-refractivity contribution in [2.45, 2.75) is 20.4 Å².